The first-order valence-corrected chi connectivity index (χ1v) is 10.1. The molecule has 0 radical (unpaired) electrons. The van der Waals surface area contributed by atoms with E-state index < -0.39 is 0 Å². The Balaban J connectivity index is 1.62. The van der Waals surface area contributed by atoms with E-state index in [1.807, 2.05) is 43.3 Å². The van der Waals surface area contributed by atoms with E-state index in [4.69, 9.17) is 4.74 Å². The van der Waals surface area contributed by atoms with Crippen molar-refractivity contribution in [3.8, 4) is 5.75 Å². The summed E-state index contributed by atoms with van der Waals surface area (Å²) in [6.07, 6.45) is 1.73. The van der Waals surface area contributed by atoms with Crippen molar-refractivity contribution in [2.24, 2.45) is 7.05 Å². The maximum absolute atomic E-state index is 13.4. The van der Waals surface area contributed by atoms with E-state index in [-0.39, 0.29) is 11.5 Å². The monoisotopic (exact) mass is 422 g/mol. The van der Waals surface area contributed by atoms with Crippen molar-refractivity contribution in [3.63, 3.8) is 0 Å². The summed E-state index contributed by atoms with van der Waals surface area (Å²) >= 11 is 0. The predicted octanol–water partition coefficient (Wildman–Crippen LogP) is 1.37. The summed E-state index contributed by atoms with van der Waals surface area (Å²) < 4.78 is 6.65. The molecule has 0 bridgehead atoms. The van der Waals surface area contributed by atoms with Gasteiger partial charge in [-0.2, -0.15) is 5.10 Å². The topological polar surface area (TPSA) is 83.8 Å². The van der Waals surface area contributed by atoms with Crippen molar-refractivity contribution in [2.75, 3.05) is 57.2 Å². The molecule has 0 saturated carbocycles. The molecule has 0 N–H and O–H groups in total. The van der Waals surface area contributed by atoms with Crippen LogP contribution in [0.5, 0.6) is 5.75 Å². The molecule has 1 aliphatic heterocycles. The molecule has 9 nitrogen and oxygen atoms in total. The van der Waals surface area contributed by atoms with Gasteiger partial charge in [-0.05, 0) is 30.3 Å². The highest BCUT2D eigenvalue weighted by atomic mass is 16.5. The number of piperazine rings is 1. The van der Waals surface area contributed by atoms with Gasteiger partial charge in [0.05, 0.1) is 12.5 Å². The minimum Gasteiger partial charge on any atom is -0.493 e. The average Bonchev–Trinajstić information content (AvgIpc) is 2.80. The molecular weight excluding hydrogens is 396 g/mol. The van der Waals surface area contributed by atoms with Gasteiger partial charge >= 0.3 is 0 Å². The average molecular weight is 422 g/mol. The molecule has 1 saturated heterocycles. The van der Waals surface area contributed by atoms with Gasteiger partial charge in [0.15, 0.2) is 17.3 Å². The second-order valence-corrected chi connectivity index (χ2v) is 7.71. The summed E-state index contributed by atoms with van der Waals surface area (Å²) in [5.41, 5.74) is 0.984. The van der Waals surface area contributed by atoms with Crippen LogP contribution in [0, 0.1) is 0 Å². The maximum atomic E-state index is 13.4. The Morgan fingerprint density at radius 2 is 1.84 bits per heavy atom. The number of hydrogen-bond acceptors (Lipinski definition) is 7. The van der Waals surface area contributed by atoms with Crippen molar-refractivity contribution in [1.82, 2.24) is 19.7 Å². The summed E-state index contributed by atoms with van der Waals surface area (Å²) in [6, 6.07) is 9.20. The number of aromatic nitrogens is 3. The molecule has 4 rings (SSSR count). The van der Waals surface area contributed by atoms with Crippen LogP contribution in [0.2, 0.25) is 0 Å². The van der Waals surface area contributed by atoms with E-state index in [2.05, 4.69) is 15.0 Å². The van der Waals surface area contributed by atoms with E-state index in [0.29, 0.717) is 48.4 Å². The van der Waals surface area contributed by atoms with Gasteiger partial charge in [-0.25, -0.2) is 9.67 Å². The molecule has 3 heterocycles. The Kier molecular flexibility index (Phi) is 5.50. The summed E-state index contributed by atoms with van der Waals surface area (Å²) in [5.74, 6) is 1.31. The fourth-order valence-corrected chi connectivity index (χ4v) is 3.82. The molecule has 1 fully saturated rings. The molecule has 0 unspecified atom stereocenters. The molecular formula is C22H26N6O3. The molecule has 0 aliphatic carbocycles. The van der Waals surface area contributed by atoms with E-state index in [0.717, 1.165) is 11.5 Å². The quantitative estimate of drug-likeness (QED) is 0.628. The third-order valence-electron chi connectivity index (χ3n) is 5.59. The minimum absolute atomic E-state index is 0.177. The van der Waals surface area contributed by atoms with Crippen LogP contribution >= 0.6 is 0 Å². The number of rotatable bonds is 4. The molecule has 9 heteroatoms. The Morgan fingerprint density at radius 3 is 2.52 bits per heavy atom. The van der Waals surface area contributed by atoms with Crippen molar-refractivity contribution in [3.05, 3.63) is 52.6 Å². The van der Waals surface area contributed by atoms with Crippen LogP contribution in [0.4, 0.5) is 11.5 Å². The number of hydrogen-bond donors (Lipinski definition) is 0. The number of amides is 1. The lowest BCUT2D eigenvalue weighted by Crippen LogP contribution is -2.49. The number of anilines is 2. The summed E-state index contributed by atoms with van der Waals surface area (Å²) in [6.45, 7) is 2.31. The second kappa shape index (κ2) is 8.25. The highest BCUT2D eigenvalue weighted by Gasteiger charge is 2.27. The lowest BCUT2D eigenvalue weighted by Gasteiger charge is -2.35. The zero-order valence-corrected chi connectivity index (χ0v) is 18.2. The van der Waals surface area contributed by atoms with Gasteiger partial charge in [-0.3, -0.25) is 9.59 Å². The fraction of sp³-hybridized carbons (Fsp3) is 0.364. The normalized spacial score (nSPS) is 14.1. The van der Waals surface area contributed by atoms with Crippen LogP contribution in [0.3, 0.4) is 0 Å². The largest absolute Gasteiger partial charge is 0.493 e. The second-order valence-electron chi connectivity index (χ2n) is 7.71. The standard InChI is InChI=1S/C22H26N6O3/c1-25(2)15-7-8-16-17(14-15)19(24-26(3)21(16)29)22(30)28-12-10-27(11-13-28)20-18(31-4)6-5-9-23-20/h5-9,14H,10-13H2,1-4H3. The van der Waals surface area contributed by atoms with Gasteiger partial charge in [-0.1, -0.05) is 0 Å². The molecule has 0 spiro atoms. The highest BCUT2D eigenvalue weighted by molar-refractivity contribution is 6.05. The number of ether oxygens (including phenoxy) is 1. The lowest BCUT2D eigenvalue weighted by molar-refractivity contribution is 0.0740. The summed E-state index contributed by atoms with van der Waals surface area (Å²) in [7, 11) is 7.03. The minimum atomic E-state index is -0.219. The van der Waals surface area contributed by atoms with Gasteiger partial charge in [0.2, 0.25) is 0 Å². The summed E-state index contributed by atoms with van der Waals surface area (Å²) in [4.78, 5) is 36.2. The Morgan fingerprint density at radius 1 is 1.10 bits per heavy atom. The van der Waals surface area contributed by atoms with Crippen molar-refractivity contribution in [1.29, 1.82) is 0 Å². The van der Waals surface area contributed by atoms with Gasteiger partial charge in [0.1, 0.15) is 0 Å². The number of methoxy groups -OCH3 is 1. The number of benzene rings is 1. The lowest BCUT2D eigenvalue weighted by atomic mass is 10.1. The van der Waals surface area contributed by atoms with Crippen molar-refractivity contribution >= 4 is 28.2 Å². The molecule has 3 aromatic rings. The number of carbonyl (C=O) groups is 1. The van der Waals surface area contributed by atoms with Crippen LogP contribution in [-0.4, -0.2) is 73.0 Å². The van der Waals surface area contributed by atoms with Crippen LogP contribution in [0.25, 0.3) is 10.8 Å². The van der Waals surface area contributed by atoms with E-state index in [9.17, 15) is 9.59 Å². The fourth-order valence-electron chi connectivity index (χ4n) is 3.82. The number of aryl methyl sites for hydroxylation is 1. The molecule has 1 aromatic carbocycles. The van der Waals surface area contributed by atoms with Crippen molar-refractivity contribution < 1.29 is 9.53 Å². The third-order valence-corrected chi connectivity index (χ3v) is 5.59. The Labute approximate surface area is 180 Å². The zero-order chi connectivity index (χ0) is 22.1. The molecule has 1 aliphatic rings. The first kappa shape index (κ1) is 20.6. The van der Waals surface area contributed by atoms with E-state index in [1.54, 1.807) is 31.3 Å². The Bertz CT molecular complexity index is 1180. The maximum Gasteiger partial charge on any atom is 0.275 e. The molecule has 0 atom stereocenters. The van der Waals surface area contributed by atoms with E-state index in [1.165, 1.54) is 4.68 Å². The van der Waals surface area contributed by atoms with Crippen LogP contribution < -0.4 is 20.1 Å². The summed E-state index contributed by atoms with van der Waals surface area (Å²) in [5, 5.41) is 5.40. The first-order valence-electron chi connectivity index (χ1n) is 10.1. The number of fused-ring (bicyclic) bond motifs is 1. The number of nitrogens with zero attached hydrogens (tertiary/aromatic N) is 6. The van der Waals surface area contributed by atoms with Gasteiger partial charge < -0.3 is 19.4 Å². The highest BCUT2D eigenvalue weighted by Crippen LogP contribution is 2.26. The smallest absolute Gasteiger partial charge is 0.275 e. The Hall–Kier alpha value is -3.62. The van der Waals surface area contributed by atoms with Crippen LogP contribution in [0.1, 0.15) is 10.5 Å². The molecule has 162 valence electrons. The SMILES string of the molecule is COc1cccnc1N1CCN(C(=O)c2nn(C)c(=O)c3ccc(N(C)C)cc23)CC1. The number of pyridine rings is 1. The molecule has 2 aromatic heterocycles. The van der Waals surface area contributed by atoms with Gasteiger partial charge in [-0.15, -0.1) is 0 Å². The first-order chi connectivity index (χ1) is 14.9. The van der Waals surface area contributed by atoms with E-state index >= 15 is 0 Å². The number of carbonyl (C=O) groups excluding carboxylic acids is 1. The zero-order valence-electron chi connectivity index (χ0n) is 18.2. The van der Waals surface area contributed by atoms with Gasteiger partial charge in [0.25, 0.3) is 11.5 Å². The van der Waals surface area contributed by atoms with Crippen molar-refractivity contribution in [2.45, 2.75) is 0 Å². The van der Waals surface area contributed by atoms with Crippen LogP contribution in [-0.2, 0) is 7.05 Å². The molecule has 31 heavy (non-hydrogen) atoms. The predicted molar refractivity (Wildman–Crippen MR) is 120 cm³/mol. The van der Waals surface area contributed by atoms with Gasteiger partial charge in [0, 0.05) is 64.6 Å². The molecule has 1 amide bonds. The van der Waals surface area contributed by atoms with Crippen LogP contribution in [0.15, 0.2) is 41.3 Å². The third kappa shape index (κ3) is 3.78.